The van der Waals surface area contributed by atoms with E-state index in [4.69, 9.17) is 19.2 Å². The summed E-state index contributed by atoms with van der Waals surface area (Å²) in [4.78, 5) is 37.5. The van der Waals surface area contributed by atoms with Gasteiger partial charge in [0.25, 0.3) is 0 Å². The molecule has 4 heterocycles. The summed E-state index contributed by atoms with van der Waals surface area (Å²) < 4.78 is 22.1. The van der Waals surface area contributed by atoms with Crippen LogP contribution in [0.4, 0.5) is 0 Å². The van der Waals surface area contributed by atoms with Crippen LogP contribution >= 0.6 is 0 Å². The van der Waals surface area contributed by atoms with E-state index in [0.29, 0.717) is 54.3 Å². The summed E-state index contributed by atoms with van der Waals surface area (Å²) >= 11 is 0. The van der Waals surface area contributed by atoms with Crippen LogP contribution in [0.2, 0.25) is 0 Å². The van der Waals surface area contributed by atoms with Gasteiger partial charge in [0.05, 0.1) is 35.5 Å². The molecule has 0 spiro atoms. The Kier molecular flexibility index (Phi) is 11.8. The molecule has 5 aliphatic rings. The monoisotopic (exact) mass is 806 g/mol. The number of hydrogen-bond donors (Lipinski definition) is 0. The van der Waals surface area contributed by atoms with Gasteiger partial charge in [0.2, 0.25) is 5.88 Å². The topological polar surface area (TPSA) is 101 Å². The normalized spacial score (nSPS) is 29.8. The number of Topliss-reactive ketones (excluding diaryl/α,β-unsaturated/α-hetero) is 1. The molecule has 9 rings (SSSR count). The molecule has 0 unspecified atom stereocenters. The molecule has 4 aromatic rings. The number of imidazole rings is 1. The van der Waals surface area contributed by atoms with Crippen molar-refractivity contribution in [1.82, 2.24) is 24.0 Å². The molecule has 59 heavy (non-hydrogen) atoms. The van der Waals surface area contributed by atoms with E-state index in [1.54, 1.807) is 4.57 Å². The predicted octanol–water partition coefficient (Wildman–Crippen LogP) is 9.17. The predicted molar refractivity (Wildman–Crippen MR) is 233 cm³/mol. The van der Waals surface area contributed by atoms with Crippen LogP contribution in [0.1, 0.15) is 116 Å². The summed E-state index contributed by atoms with van der Waals surface area (Å²) in [6.45, 7) is 10.1. The fraction of sp³-hybridized carbons (Fsp3) is 0.673. The van der Waals surface area contributed by atoms with E-state index in [0.717, 1.165) is 115 Å². The molecule has 1 aliphatic heterocycles. The van der Waals surface area contributed by atoms with Crippen LogP contribution in [-0.2, 0) is 21.3 Å². The van der Waals surface area contributed by atoms with Crippen molar-refractivity contribution in [1.29, 1.82) is 0 Å². The molecular weight excluding hydrogens is 739 g/mol. The number of carbonyl (C=O) groups is 1. The summed E-state index contributed by atoms with van der Waals surface area (Å²) in [5.41, 5.74) is 5.41. The molecular formula is C49H67N5O5. The molecule has 10 heteroatoms. The maximum atomic E-state index is 13.4. The molecule has 0 N–H and O–H groups in total. The first-order valence-electron chi connectivity index (χ1n) is 23.1. The van der Waals surface area contributed by atoms with Crippen molar-refractivity contribution < 1.29 is 19.0 Å². The van der Waals surface area contributed by atoms with Crippen LogP contribution in [0.25, 0.3) is 33.1 Å². The molecule has 0 amide bonds. The maximum Gasteiger partial charge on any atom is 0.329 e. The zero-order valence-corrected chi connectivity index (χ0v) is 36.1. The molecule has 0 radical (unpaired) electrons. The minimum absolute atomic E-state index is 0.00136. The number of fused-ring (bicyclic) bond motifs is 8. The first kappa shape index (κ1) is 40.8. The Morgan fingerprint density at radius 2 is 1.64 bits per heavy atom. The molecule has 1 aromatic carbocycles. The largest absolute Gasteiger partial charge is 0.478 e. The summed E-state index contributed by atoms with van der Waals surface area (Å²) in [6.07, 6.45) is 20.9. The van der Waals surface area contributed by atoms with Gasteiger partial charge in [0.1, 0.15) is 5.78 Å². The number of ketones is 1. The van der Waals surface area contributed by atoms with Gasteiger partial charge in [-0.25, -0.2) is 9.78 Å². The van der Waals surface area contributed by atoms with Crippen molar-refractivity contribution in [2.24, 2.45) is 41.5 Å². The Bertz CT molecular complexity index is 2170. The fourth-order valence-electron chi connectivity index (χ4n) is 12.9. The van der Waals surface area contributed by atoms with Gasteiger partial charge in [-0.1, -0.05) is 19.9 Å². The van der Waals surface area contributed by atoms with Crippen molar-refractivity contribution in [2.75, 3.05) is 46.6 Å². The van der Waals surface area contributed by atoms with Crippen molar-refractivity contribution in [3.63, 3.8) is 0 Å². The van der Waals surface area contributed by atoms with E-state index >= 15 is 0 Å². The molecule has 1 saturated heterocycles. The van der Waals surface area contributed by atoms with Gasteiger partial charge in [-0.3, -0.25) is 18.9 Å². The summed E-state index contributed by atoms with van der Waals surface area (Å²) in [5.74, 6) is 4.24. The molecule has 3 aromatic heterocycles. The molecule has 318 valence electrons. The van der Waals surface area contributed by atoms with Crippen molar-refractivity contribution in [3.05, 3.63) is 53.2 Å². The van der Waals surface area contributed by atoms with Gasteiger partial charge in [0, 0.05) is 75.5 Å². The Balaban J connectivity index is 0.695. The third-order valence-corrected chi connectivity index (χ3v) is 16.4. The minimum atomic E-state index is -0.00136. The Morgan fingerprint density at radius 1 is 0.831 bits per heavy atom. The van der Waals surface area contributed by atoms with Crippen LogP contribution in [-0.4, -0.2) is 82.5 Å². The number of hydrogen-bond acceptors (Lipinski definition) is 8. The first-order chi connectivity index (χ1) is 28.6. The highest BCUT2D eigenvalue weighted by Crippen LogP contribution is 2.66. The lowest BCUT2D eigenvalue weighted by Crippen LogP contribution is -2.54. The molecule has 7 atom stereocenters. The van der Waals surface area contributed by atoms with Crippen LogP contribution in [0.3, 0.4) is 0 Å². The van der Waals surface area contributed by atoms with Crippen molar-refractivity contribution in [3.8, 4) is 17.0 Å². The highest BCUT2D eigenvalue weighted by molar-refractivity contribution is 6.04. The second-order valence-electron chi connectivity index (χ2n) is 19.6. The van der Waals surface area contributed by atoms with Gasteiger partial charge in [-0.05, 0) is 155 Å². The number of rotatable bonds is 14. The lowest BCUT2D eigenvalue weighted by molar-refractivity contribution is -0.145. The lowest BCUT2D eigenvalue weighted by atomic mass is 9.45. The van der Waals surface area contributed by atoms with Crippen LogP contribution in [0.5, 0.6) is 5.88 Å². The van der Waals surface area contributed by atoms with E-state index in [1.165, 1.54) is 51.4 Å². The second-order valence-corrected chi connectivity index (χ2v) is 19.6. The third-order valence-electron chi connectivity index (χ3n) is 16.4. The standard InChI is InChI=1S/C49H67N5O5/c1-48-21-17-37(55)30-35(48)11-12-38-40-13-15-44(49(40,2)22-18-41(38)48)58-25-7-5-6-23-52(3)24-8-26-59-45-16-10-34(31-51-45)33-9-14-42-39(29-33)46-43(32-50-42)53(4)47(56)54(46)36-19-27-57-28-20-36/h9-10,14,16,29,31-32,35-36,38,40-41,44H,5-8,11-13,15,17-28,30H2,1-4H3/t35-,38-,40-,41-,44-,48-,49-/m0/s1. The molecule has 5 fully saturated rings. The zero-order chi connectivity index (χ0) is 40.7. The van der Waals surface area contributed by atoms with Gasteiger partial charge < -0.3 is 19.1 Å². The van der Waals surface area contributed by atoms with Crippen molar-refractivity contribution in [2.45, 2.75) is 122 Å². The molecule has 0 bridgehead atoms. The number of benzene rings is 1. The molecule has 10 nitrogen and oxygen atoms in total. The average Bonchev–Trinajstić information content (AvgIpc) is 3.73. The quantitative estimate of drug-likeness (QED) is 0.116. The number of nitrogens with zero attached hydrogens (tertiary/aromatic N) is 5. The fourth-order valence-corrected chi connectivity index (χ4v) is 12.9. The van der Waals surface area contributed by atoms with Gasteiger partial charge in [0.15, 0.2) is 0 Å². The van der Waals surface area contributed by atoms with Gasteiger partial charge >= 0.3 is 5.69 Å². The van der Waals surface area contributed by atoms with E-state index in [1.807, 2.05) is 36.1 Å². The smallest absolute Gasteiger partial charge is 0.329 e. The summed E-state index contributed by atoms with van der Waals surface area (Å²) in [7, 11) is 4.04. The third kappa shape index (κ3) is 7.80. The van der Waals surface area contributed by atoms with Gasteiger partial charge in [-0.2, -0.15) is 0 Å². The number of unbranched alkanes of at least 4 members (excludes halogenated alkanes) is 2. The van der Waals surface area contributed by atoms with Crippen LogP contribution in [0.15, 0.2) is 47.5 Å². The number of carbonyl (C=O) groups excluding carboxylic acids is 1. The Morgan fingerprint density at radius 3 is 2.47 bits per heavy atom. The van der Waals surface area contributed by atoms with E-state index in [9.17, 15) is 9.59 Å². The first-order valence-corrected chi connectivity index (χ1v) is 23.1. The number of aryl methyl sites for hydroxylation is 1. The van der Waals surface area contributed by atoms with Crippen LogP contribution in [0, 0.1) is 34.5 Å². The number of aromatic nitrogens is 4. The van der Waals surface area contributed by atoms with Gasteiger partial charge in [-0.15, -0.1) is 0 Å². The average molecular weight is 806 g/mol. The number of ether oxygens (including phenoxy) is 3. The van der Waals surface area contributed by atoms with Crippen molar-refractivity contribution >= 4 is 27.7 Å². The molecule has 4 saturated carbocycles. The van der Waals surface area contributed by atoms with Crippen LogP contribution < -0.4 is 10.4 Å². The Hall–Kier alpha value is -3.60. The summed E-state index contributed by atoms with van der Waals surface area (Å²) in [6, 6.07) is 10.4. The maximum absolute atomic E-state index is 13.4. The SMILES string of the molecule is CN(CCCCCO[C@H]1CC[C@H]2[C@@H]3CC[C@H]4CC(=O)CC[C@]4(C)[C@H]3CC[C@]12C)CCCOc1ccc(-c2ccc3ncc4c(c3c2)n(C2CCOCC2)c(=O)n4C)cn1. The van der Waals surface area contributed by atoms with E-state index in [2.05, 4.69) is 49.0 Å². The lowest BCUT2D eigenvalue weighted by Gasteiger charge is -2.60. The summed E-state index contributed by atoms with van der Waals surface area (Å²) in [5, 5.41) is 0.975. The minimum Gasteiger partial charge on any atom is -0.478 e. The second kappa shape index (κ2) is 17.0. The molecule has 4 aliphatic carbocycles. The van der Waals surface area contributed by atoms with E-state index < -0.39 is 0 Å². The highest BCUT2D eigenvalue weighted by Gasteiger charge is 2.60. The Labute approximate surface area is 350 Å². The number of pyridine rings is 2. The highest BCUT2D eigenvalue weighted by atomic mass is 16.5. The van der Waals surface area contributed by atoms with E-state index in [-0.39, 0.29) is 11.7 Å². The zero-order valence-electron chi connectivity index (χ0n) is 36.1.